The Labute approximate surface area is 161 Å². The molecule has 2 N–H and O–H groups in total. The molecule has 2 aromatic rings. The van der Waals surface area contributed by atoms with Gasteiger partial charge in [-0.25, -0.2) is 4.39 Å². The molecule has 0 fully saturated rings. The molecule has 0 saturated carbocycles. The summed E-state index contributed by atoms with van der Waals surface area (Å²) in [6, 6.07) is 10.9. The number of ether oxygens (including phenoxy) is 1. The number of hydrogen-bond acceptors (Lipinski definition) is 3. The smallest absolute Gasteiger partial charge is 0.305 e. The molecule has 1 aliphatic rings. The van der Waals surface area contributed by atoms with Gasteiger partial charge in [0.1, 0.15) is 5.82 Å². The first kappa shape index (κ1) is 19.3. The number of aliphatic carboxylic acids is 1. The predicted molar refractivity (Wildman–Crippen MR) is 98.0 cm³/mol. The van der Waals surface area contributed by atoms with Gasteiger partial charge in [-0.05, 0) is 35.2 Å². The summed E-state index contributed by atoms with van der Waals surface area (Å²) < 4.78 is 19.5. The Kier molecular flexibility index (Phi) is 6.08. The third kappa shape index (κ3) is 4.84. The molecule has 5 nitrogen and oxygen atoms in total. The normalized spacial score (nSPS) is 17.0. The standard InChI is InChI=1S/C20H19ClFNO4/c21-15-6-5-13(9-16(15)22)17(10-20(25)26)23-19(24)11-18-14-4-2-1-3-12(14)7-8-27-18/h1-6,9,17-18H,7-8,10-11H2,(H,23,24)(H,25,26). The summed E-state index contributed by atoms with van der Waals surface area (Å²) in [5, 5.41) is 11.8. The van der Waals surface area contributed by atoms with Crippen molar-refractivity contribution in [2.24, 2.45) is 0 Å². The number of carbonyl (C=O) groups is 2. The SMILES string of the molecule is O=C(O)CC(NC(=O)CC1OCCc2ccccc21)c1ccc(Cl)c(F)c1. The van der Waals surface area contributed by atoms with E-state index >= 15 is 0 Å². The molecule has 0 saturated heterocycles. The fourth-order valence-electron chi connectivity index (χ4n) is 3.22. The lowest BCUT2D eigenvalue weighted by Gasteiger charge is -2.26. The lowest BCUT2D eigenvalue weighted by Crippen LogP contribution is -2.32. The van der Waals surface area contributed by atoms with Gasteiger partial charge in [0, 0.05) is 0 Å². The van der Waals surface area contributed by atoms with Gasteiger partial charge >= 0.3 is 5.97 Å². The van der Waals surface area contributed by atoms with Crippen molar-refractivity contribution in [1.29, 1.82) is 0 Å². The van der Waals surface area contributed by atoms with Gasteiger partial charge in [0.25, 0.3) is 0 Å². The number of benzene rings is 2. The average Bonchev–Trinajstić information content (AvgIpc) is 2.63. The molecule has 2 unspecified atom stereocenters. The molecule has 0 spiro atoms. The van der Waals surface area contributed by atoms with E-state index in [4.69, 9.17) is 21.4 Å². The van der Waals surface area contributed by atoms with E-state index in [1.807, 2.05) is 24.3 Å². The topological polar surface area (TPSA) is 75.6 Å². The molecule has 2 aromatic carbocycles. The lowest BCUT2D eigenvalue weighted by molar-refractivity contribution is -0.137. The largest absolute Gasteiger partial charge is 0.481 e. The van der Waals surface area contributed by atoms with Gasteiger partial charge in [0.2, 0.25) is 5.91 Å². The van der Waals surface area contributed by atoms with Crippen LogP contribution in [0.5, 0.6) is 0 Å². The fraction of sp³-hybridized carbons (Fsp3) is 0.300. The third-order valence-corrected chi connectivity index (χ3v) is 4.83. The number of carboxylic acids is 1. The fourth-order valence-corrected chi connectivity index (χ4v) is 3.34. The minimum atomic E-state index is -1.10. The Bertz CT molecular complexity index is 858. The highest BCUT2D eigenvalue weighted by Gasteiger charge is 2.25. The zero-order valence-corrected chi connectivity index (χ0v) is 15.2. The van der Waals surface area contributed by atoms with Crippen molar-refractivity contribution in [2.75, 3.05) is 6.61 Å². The van der Waals surface area contributed by atoms with E-state index in [1.165, 1.54) is 12.1 Å². The van der Waals surface area contributed by atoms with E-state index < -0.39 is 17.8 Å². The summed E-state index contributed by atoms with van der Waals surface area (Å²) >= 11 is 5.68. The predicted octanol–water partition coefficient (Wildman–Crippen LogP) is 3.82. The molecule has 1 heterocycles. The van der Waals surface area contributed by atoms with Gasteiger partial charge in [-0.15, -0.1) is 0 Å². The van der Waals surface area contributed by atoms with Gasteiger partial charge in [-0.2, -0.15) is 0 Å². The van der Waals surface area contributed by atoms with Gasteiger partial charge < -0.3 is 15.2 Å². The van der Waals surface area contributed by atoms with Crippen molar-refractivity contribution in [3.8, 4) is 0 Å². The number of carbonyl (C=O) groups excluding carboxylic acids is 1. The van der Waals surface area contributed by atoms with Gasteiger partial charge in [-0.1, -0.05) is 41.9 Å². The first-order valence-corrected chi connectivity index (χ1v) is 8.97. The highest BCUT2D eigenvalue weighted by Crippen LogP contribution is 2.30. The van der Waals surface area contributed by atoms with Crippen LogP contribution < -0.4 is 5.32 Å². The Morgan fingerprint density at radius 2 is 2.07 bits per heavy atom. The number of nitrogens with one attached hydrogen (secondary N) is 1. The van der Waals surface area contributed by atoms with Gasteiger partial charge in [0.15, 0.2) is 0 Å². The molecule has 2 atom stereocenters. The Morgan fingerprint density at radius 1 is 1.30 bits per heavy atom. The van der Waals surface area contributed by atoms with E-state index in [2.05, 4.69) is 5.32 Å². The summed E-state index contributed by atoms with van der Waals surface area (Å²) in [4.78, 5) is 23.7. The summed E-state index contributed by atoms with van der Waals surface area (Å²) in [5.41, 5.74) is 2.45. The number of halogens is 2. The summed E-state index contributed by atoms with van der Waals surface area (Å²) in [7, 11) is 0. The number of rotatable bonds is 6. The third-order valence-electron chi connectivity index (χ3n) is 4.52. The lowest BCUT2D eigenvalue weighted by atomic mass is 9.95. The first-order chi connectivity index (χ1) is 12.9. The van der Waals surface area contributed by atoms with E-state index in [0.717, 1.165) is 23.6 Å². The number of fused-ring (bicyclic) bond motifs is 1. The van der Waals surface area contributed by atoms with Crippen LogP contribution in [0.25, 0.3) is 0 Å². The van der Waals surface area contributed by atoms with E-state index in [9.17, 15) is 14.0 Å². The van der Waals surface area contributed by atoms with Crippen molar-refractivity contribution < 1.29 is 23.8 Å². The molecule has 0 radical (unpaired) electrons. The molecule has 1 aliphatic heterocycles. The van der Waals surface area contributed by atoms with Crippen LogP contribution in [0.4, 0.5) is 4.39 Å². The number of amides is 1. The molecule has 0 aliphatic carbocycles. The highest BCUT2D eigenvalue weighted by atomic mass is 35.5. The second-order valence-corrected chi connectivity index (χ2v) is 6.81. The average molecular weight is 392 g/mol. The van der Waals surface area contributed by atoms with Crippen LogP contribution in [-0.2, 0) is 20.7 Å². The molecule has 0 bridgehead atoms. The Hall–Kier alpha value is -2.44. The van der Waals surface area contributed by atoms with Crippen LogP contribution in [0.15, 0.2) is 42.5 Å². The van der Waals surface area contributed by atoms with Crippen LogP contribution >= 0.6 is 11.6 Å². The minimum Gasteiger partial charge on any atom is -0.481 e. The van der Waals surface area contributed by atoms with Crippen LogP contribution in [0, 0.1) is 5.82 Å². The zero-order chi connectivity index (χ0) is 19.4. The summed E-state index contributed by atoms with van der Waals surface area (Å²) in [6.07, 6.45) is 0.0976. The van der Waals surface area contributed by atoms with Crippen LogP contribution in [0.1, 0.15) is 41.7 Å². The van der Waals surface area contributed by atoms with Crippen molar-refractivity contribution in [3.63, 3.8) is 0 Å². The molecule has 27 heavy (non-hydrogen) atoms. The summed E-state index contributed by atoms with van der Waals surface area (Å²) in [5.74, 6) is -2.13. The maximum absolute atomic E-state index is 13.7. The monoisotopic (exact) mass is 391 g/mol. The highest BCUT2D eigenvalue weighted by molar-refractivity contribution is 6.30. The Balaban J connectivity index is 1.73. The van der Waals surface area contributed by atoms with Crippen LogP contribution in [0.2, 0.25) is 5.02 Å². The van der Waals surface area contributed by atoms with E-state index in [1.54, 1.807) is 0 Å². The van der Waals surface area contributed by atoms with E-state index in [-0.39, 0.29) is 29.9 Å². The van der Waals surface area contributed by atoms with Crippen LogP contribution in [-0.4, -0.2) is 23.6 Å². The van der Waals surface area contributed by atoms with Crippen molar-refractivity contribution in [3.05, 3.63) is 70.0 Å². The molecular weight excluding hydrogens is 373 g/mol. The second-order valence-electron chi connectivity index (χ2n) is 6.40. The molecule has 7 heteroatoms. The summed E-state index contributed by atoms with van der Waals surface area (Å²) in [6.45, 7) is 0.524. The second kappa shape index (κ2) is 8.50. The number of carboxylic acid groups (broad SMARTS) is 1. The number of hydrogen-bond donors (Lipinski definition) is 2. The van der Waals surface area contributed by atoms with Gasteiger partial charge in [-0.3, -0.25) is 9.59 Å². The maximum Gasteiger partial charge on any atom is 0.305 e. The molecule has 1 amide bonds. The maximum atomic E-state index is 13.7. The molecule has 3 rings (SSSR count). The van der Waals surface area contributed by atoms with Crippen molar-refractivity contribution in [2.45, 2.75) is 31.4 Å². The van der Waals surface area contributed by atoms with Crippen molar-refractivity contribution >= 4 is 23.5 Å². The Morgan fingerprint density at radius 3 is 2.81 bits per heavy atom. The molecule has 142 valence electrons. The first-order valence-electron chi connectivity index (χ1n) is 8.59. The van der Waals surface area contributed by atoms with Crippen molar-refractivity contribution in [1.82, 2.24) is 5.32 Å². The zero-order valence-electron chi connectivity index (χ0n) is 14.5. The minimum absolute atomic E-state index is 0.0587. The van der Waals surface area contributed by atoms with Gasteiger partial charge in [0.05, 0.1) is 36.6 Å². The quantitative estimate of drug-likeness (QED) is 0.785. The van der Waals surface area contributed by atoms with Crippen LogP contribution in [0.3, 0.4) is 0 Å². The molecular formula is C20H19ClFNO4. The molecule has 0 aromatic heterocycles. The van der Waals surface area contributed by atoms with E-state index in [0.29, 0.717) is 12.2 Å².